The van der Waals surface area contributed by atoms with E-state index >= 15 is 0 Å². The topological polar surface area (TPSA) is 81.3 Å². The Morgan fingerprint density at radius 1 is 1.17 bits per heavy atom. The van der Waals surface area contributed by atoms with Crippen LogP contribution in [0.4, 0.5) is 5.82 Å². The Balaban J connectivity index is 1.69. The quantitative estimate of drug-likeness (QED) is 0.561. The smallest absolute Gasteiger partial charge is 0.271 e. The number of hydrogen-bond donors (Lipinski definition) is 1. The zero-order valence-corrected chi connectivity index (χ0v) is 17.4. The molecule has 7 nitrogen and oxygen atoms in total. The number of anilines is 1. The normalized spacial score (nSPS) is 11.7. The van der Waals surface area contributed by atoms with Crippen LogP contribution in [0.25, 0.3) is 16.2 Å². The first-order valence-corrected chi connectivity index (χ1v) is 10.0. The molecule has 0 unspecified atom stereocenters. The van der Waals surface area contributed by atoms with Crippen molar-refractivity contribution >= 4 is 28.0 Å². The van der Waals surface area contributed by atoms with Crippen LogP contribution in [0.15, 0.2) is 52.8 Å². The molecule has 0 saturated heterocycles. The third kappa shape index (κ3) is 3.47. The number of carbonyl (C=O) groups excluding carboxylic acids is 1. The maximum atomic E-state index is 13.0. The zero-order valence-electron chi connectivity index (χ0n) is 16.6. The van der Waals surface area contributed by atoms with Crippen molar-refractivity contribution in [2.75, 3.05) is 5.32 Å². The van der Waals surface area contributed by atoms with Gasteiger partial charge in [-0.2, -0.15) is 5.10 Å². The number of benzene rings is 1. The fraction of sp³-hybridized carbons (Fsp3) is 0.238. The number of nitrogens with one attached hydrogen (secondary N) is 1. The molecule has 0 aliphatic heterocycles. The van der Waals surface area contributed by atoms with Gasteiger partial charge in [-0.05, 0) is 0 Å². The van der Waals surface area contributed by atoms with E-state index in [0.717, 1.165) is 17.0 Å². The maximum Gasteiger partial charge on any atom is 0.271 e. The lowest BCUT2D eigenvalue weighted by Gasteiger charge is -2.17. The van der Waals surface area contributed by atoms with E-state index in [9.17, 15) is 9.59 Å². The van der Waals surface area contributed by atoms with Crippen LogP contribution in [0.5, 0.6) is 0 Å². The molecular weight excluding hydrogens is 386 g/mol. The highest BCUT2D eigenvalue weighted by Gasteiger charge is 2.23. The fourth-order valence-corrected chi connectivity index (χ4v) is 4.16. The monoisotopic (exact) mass is 407 g/mol. The van der Waals surface area contributed by atoms with Gasteiger partial charge in [-0.15, -0.1) is 11.3 Å². The molecule has 3 aromatic heterocycles. The summed E-state index contributed by atoms with van der Waals surface area (Å²) in [6.45, 7) is 6.07. The highest BCUT2D eigenvalue weighted by atomic mass is 32.1. The van der Waals surface area contributed by atoms with Gasteiger partial charge in [0, 0.05) is 41.4 Å². The molecule has 1 aromatic carbocycles. The van der Waals surface area contributed by atoms with E-state index in [0.29, 0.717) is 10.8 Å². The first-order valence-electron chi connectivity index (χ1n) is 9.16. The molecule has 1 N–H and O–H groups in total. The Morgan fingerprint density at radius 3 is 2.59 bits per heavy atom. The number of carbonyl (C=O) groups is 1. The summed E-state index contributed by atoms with van der Waals surface area (Å²) in [5, 5.41) is 9.14. The van der Waals surface area contributed by atoms with Gasteiger partial charge in [0.05, 0.1) is 5.69 Å². The molecule has 0 atom stereocenters. The Kier molecular flexibility index (Phi) is 4.58. The maximum absolute atomic E-state index is 13.0. The van der Waals surface area contributed by atoms with Gasteiger partial charge in [0.25, 0.3) is 11.5 Å². The number of nitrogens with zero attached hydrogens (tertiary/aromatic N) is 4. The number of aryl methyl sites for hydroxylation is 1. The Bertz CT molecular complexity index is 1260. The van der Waals surface area contributed by atoms with E-state index in [1.54, 1.807) is 17.8 Å². The van der Waals surface area contributed by atoms with E-state index in [-0.39, 0.29) is 16.5 Å². The van der Waals surface area contributed by atoms with Gasteiger partial charge in [-0.3, -0.25) is 18.7 Å². The summed E-state index contributed by atoms with van der Waals surface area (Å²) in [5.74, 6) is -0.00900. The minimum Gasteiger partial charge on any atom is -0.307 e. The zero-order chi connectivity index (χ0) is 20.8. The molecule has 0 spiro atoms. The summed E-state index contributed by atoms with van der Waals surface area (Å²) >= 11 is 1.39. The number of amides is 1. The van der Waals surface area contributed by atoms with Gasteiger partial charge in [0.1, 0.15) is 11.4 Å². The van der Waals surface area contributed by atoms with Gasteiger partial charge in [0.15, 0.2) is 4.96 Å². The molecule has 0 aliphatic carbocycles. The summed E-state index contributed by atoms with van der Waals surface area (Å²) < 4.78 is 3.10. The van der Waals surface area contributed by atoms with Crippen molar-refractivity contribution in [3.63, 3.8) is 0 Å². The first-order chi connectivity index (χ1) is 13.8. The second-order valence-electron chi connectivity index (χ2n) is 7.82. The Hall–Kier alpha value is -3.26. The van der Waals surface area contributed by atoms with Crippen molar-refractivity contribution in [1.82, 2.24) is 19.2 Å². The SMILES string of the molecule is Cn1nc(-c2ccccc2)cc1NC(=O)c1cnc2scc(C(C)(C)C)n2c1=O. The Morgan fingerprint density at radius 2 is 1.90 bits per heavy atom. The van der Waals surface area contributed by atoms with E-state index in [1.807, 2.05) is 56.5 Å². The van der Waals surface area contributed by atoms with Crippen LogP contribution in [0.2, 0.25) is 0 Å². The number of aromatic nitrogens is 4. The Labute approximate surface area is 171 Å². The van der Waals surface area contributed by atoms with Crippen LogP contribution in [-0.4, -0.2) is 25.1 Å². The van der Waals surface area contributed by atoms with Crippen molar-refractivity contribution in [1.29, 1.82) is 0 Å². The fourth-order valence-electron chi connectivity index (χ4n) is 3.08. The lowest BCUT2D eigenvalue weighted by molar-refractivity contribution is 0.102. The number of hydrogen-bond acceptors (Lipinski definition) is 5. The minimum atomic E-state index is -0.509. The van der Waals surface area contributed by atoms with Gasteiger partial charge < -0.3 is 5.32 Å². The second kappa shape index (κ2) is 6.97. The highest BCUT2D eigenvalue weighted by molar-refractivity contribution is 7.15. The van der Waals surface area contributed by atoms with E-state index in [1.165, 1.54) is 21.9 Å². The average Bonchev–Trinajstić information content (AvgIpc) is 3.27. The predicted molar refractivity (Wildman–Crippen MR) is 115 cm³/mol. The molecule has 4 aromatic rings. The summed E-state index contributed by atoms with van der Waals surface area (Å²) in [6, 6.07) is 11.5. The van der Waals surface area contributed by atoms with Gasteiger partial charge in [-0.25, -0.2) is 4.98 Å². The lowest BCUT2D eigenvalue weighted by Crippen LogP contribution is -2.29. The molecule has 0 aliphatic rings. The van der Waals surface area contributed by atoms with Crippen LogP contribution < -0.4 is 10.9 Å². The summed E-state index contributed by atoms with van der Waals surface area (Å²) in [5.41, 5.74) is 1.89. The van der Waals surface area contributed by atoms with Crippen molar-refractivity contribution in [3.8, 4) is 11.3 Å². The van der Waals surface area contributed by atoms with E-state index < -0.39 is 5.91 Å². The molecule has 1 amide bonds. The summed E-state index contributed by atoms with van der Waals surface area (Å²) in [4.78, 5) is 30.8. The summed E-state index contributed by atoms with van der Waals surface area (Å²) in [7, 11) is 1.74. The number of thiazole rings is 1. The van der Waals surface area contributed by atoms with Crippen LogP contribution in [0.3, 0.4) is 0 Å². The molecule has 0 fully saturated rings. The number of fused-ring (bicyclic) bond motifs is 1. The van der Waals surface area contributed by atoms with Crippen molar-refractivity contribution in [2.24, 2.45) is 7.05 Å². The largest absolute Gasteiger partial charge is 0.307 e. The molecule has 148 valence electrons. The van der Waals surface area contributed by atoms with Crippen molar-refractivity contribution < 1.29 is 4.79 Å². The number of rotatable bonds is 3. The molecule has 4 rings (SSSR count). The standard InChI is InChI=1S/C21H21N5O2S/c1-21(2,3)16-12-29-20-22-11-14(19(28)26(16)20)18(27)23-17-10-15(24-25(17)4)13-8-6-5-7-9-13/h5-12H,1-4H3,(H,23,27). The first kappa shape index (κ1) is 19.1. The van der Waals surface area contributed by atoms with Crippen molar-refractivity contribution in [2.45, 2.75) is 26.2 Å². The highest BCUT2D eigenvalue weighted by Crippen LogP contribution is 2.26. The second-order valence-corrected chi connectivity index (χ2v) is 8.66. The predicted octanol–water partition coefficient (Wildman–Crippen LogP) is 3.71. The third-order valence-corrected chi connectivity index (χ3v) is 5.49. The molecule has 3 heterocycles. The molecule has 29 heavy (non-hydrogen) atoms. The van der Waals surface area contributed by atoms with Gasteiger partial charge in [-0.1, -0.05) is 51.1 Å². The van der Waals surface area contributed by atoms with E-state index in [4.69, 9.17) is 0 Å². The van der Waals surface area contributed by atoms with Crippen LogP contribution in [0, 0.1) is 0 Å². The average molecular weight is 407 g/mol. The van der Waals surface area contributed by atoms with E-state index in [2.05, 4.69) is 15.4 Å². The third-order valence-electron chi connectivity index (χ3n) is 4.65. The van der Waals surface area contributed by atoms with Crippen LogP contribution in [-0.2, 0) is 12.5 Å². The van der Waals surface area contributed by atoms with Gasteiger partial charge in [0.2, 0.25) is 0 Å². The molecule has 0 saturated carbocycles. The molecular formula is C21H21N5O2S. The minimum absolute atomic E-state index is 0.00568. The molecule has 8 heteroatoms. The van der Waals surface area contributed by atoms with Gasteiger partial charge >= 0.3 is 0 Å². The van der Waals surface area contributed by atoms with Crippen molar-refractivity contribution in [3.05, 3.63) is 69.6 Å². The summed E-state index contributed by atoms with van der Waals surface area (Å²) in [6.07, 6.45) is 1.34. The lowest BCUT2D eigenvalue weighted by atomic mass is 9.93. The van der Waals surface area contributed by atoms with Crippen LogP contribution >= 0.6 is 11.3 Å². The van der Waals surface area contributed by atoms with Crippen LogP contribution in [0.1, 0.15) is 36.8 Å². The molecule has 0 bridgehead atoms. The molecule has 0 radical (unpaired) electrons.